The highest BCUT2D eigenvalue weighted by Gasteiger charge is 2.10. The molecule has 0 unspecified atom stereocenters. The smallest absolute Gasteiger partial charge is 0.162 e. The number of hydrogen-bond acceptors (Lipinski definition) is 10. The van der Waals surface area contributed by atoms with Gasteiger partial charge in [-0.15, -0.1) is 0 Å². The summed E-state index contributed by atoms with van der Waals surface area (Å²) in [6.45, 7) is 0. The molecule has 7 rings (SSSR count). The molecule has 0 radical (unpaired) electrons. The van der Waals surface area contributed by atoms with Crippen LogP contribution < -0.4 is 15.2 Å². The van der Waals surface area contributed by atoms with E-state index in [0.717, 1.165) is 44.8 Å². The Kier molecular flexibility index (Phi) is 12.4. The second-order valence-electron chi connectivity index (χ2n) is 10.1. The van der Waals surface area contributed by atoms with Crippen molar-refractivity contribution in [3.63, 3.8) is 0 Å². The number of carbonyl (C=O) groups excluding carboxylic acids is 2. The molecule has 12 nitrogen and oxygen atoms in total. The molecule has 12 heteroatoms. The molecule has 0 spiro atoms. The van der Waals surface area contributed by atoms with Gasteiger partial charge in [-0.25, -0.2) is 9.50 Å². The van der Waals surface area contributed by atoms with Crippen molar-refractivity contribution >= 4 is 24.0 Å². The minimum atomic E-state index is -0.661. The largest absolute Gasteiger partial charge is 0.497 e. The number of nitrogens with zero attached hydrogens (tertiary/aromatic N) is 6. The van der Waals surface area contributed by atoms with E-state index in [0.29, 0.717) is 29.7 Å². The predicted molar refractivity (Wildman–Crippen MR) is 189 cm³/mol. The van der Waals surface area contributed by atoms with Crippen LogP contribution in [-0.2, 0) is 9.59 Å². The van der Waals surface area contributed by atoms with Crippen molar-refractivity contribution in [2.75, 3.05) is 20.0 Å². The molecule has 7 aromatic rings. The van der Waals surface area contributed by atoms with E-state index < -0.39 is 5.92 Å². The number of aromatic amines is 1. The number of aldehydes is 2. The molecule has 0 atom stereocenters. The normalized spacial score (nSPS) is 10.1. The molecule has 5 aromatic heterocycles. The van der Waals surface area contributed by atoms with Gasteiger partial charge in [-0.1, -0.05) is 31.7 Å². The lowest BCUT2D eigenvalue weighted by atomic mass is 10.0. The molecule has 0 bridgehead atoms. The number of ether oxygens (including phenoxy) is 2. The number of aromatic nitrogens is 7. The summed E-state index contributed by atoms with van der Waals surface area (Å²) in [4.78, 5) is 33.4. The highest BCUT2D eigenvalue weighted by molar-refractivity contribution is 5.85. The molecule has 0 saturated carbocycles. The van der Waals surface area contributed by atoms with Gasteiger partial charge in [0, 0.05) is 53.9 Å². The van der Waals surface area contributed by atoms with E-state index in [1.165, 1.54) is 0 Å². The number of rotatable bonds is 8. The summed E-state index contributed by atoms with van der Waals surface area (Å²) in [5, 5.41) is 10.9. The van der Waals surface area contributed by atoms with Gasteiger partial charge in [0.2, 0.25) is 0 Å². The Morgan fingerprint density at radius 1 is 0.694 bits per heavy atom. The molecular weight excluding hydrogens is 620 g/mol. The molecular formula is C37H36N8O4. The predicted octanol–water partition coefficient (Wildman–Crippen LogP) is 6.33. The number of carbonyl (C=O) groups is 2. The van der Waals surface area contributed by atoms with Crippen LogP contribution in [0.1, 0.15) is 18.9 Å². The van der Waals surface area contributed by atoms with Crippen LogP contribution in [0.5, 0.6) is 11.5 Å². The van der Waals surface area contributed by atoms with Crippen molar-refractivity contribution in [1.29, 1.82) is 0 Å². The third-order valence-corrected chi connectivity index (χ3v) is 7.23. The second kappa shape index (κ2) is 17.3. The van der Waals surface area contributed by atoms with Crippen molar-refractivity contribution in [3.05, 3.63) is 128 Å². The van der Waals surface area contributed by atoms with Gasteiger partial charge in [-0.3, -0.25) is 15.1 Å². The van der Waals surface area contributed by atoms with Crippen molar-refractivity contribution in [2.24, 2.45) is 0 Å². The van der Waals surface area contributed by atoms with Gasteiger partial charge in [0.05, 0.1) is 32.5 Å². The van der Waals surface area contributed by atoms with Gasteiger partial charge in [-0.2, -0.15) is 10.2 Å². The van der Waals surface area contributed by atoms with Crippen LogP contribution in [0.15, 0.2) is 122 Å². The number of benzene rings is 2. The fourth-order valence-corrected chi connectivity index (χ4v) is 4.62. The number of H-pyrrole nitrogens is 1. The first-order valence-corrected chi connectivity index (χ1v) is 14.7. The molecule has 0 aliphatic heterocycles. The molecule has 0 fully saturated rings. The molecule has 0 saturated heterocycles. The van der Waals surface area contributed by atoms with Gasteiger partial charge in [0.15, 0.2) is 5.65 Å². The van der Waals surface area contributed by atoms with Crippen molar-refractivity contribution < 1.29 is 19.1 Å². The molecule has 0 amide bonds. The zero-order valence-corrected chi connectivity index (χ0v) is 26.2. The molecule has 0 aliphatic carbocycles. The van der Waals surface area contributed by atoms with Crippen molar-refractivity contribution in [1.82, 2.24) is 34.8 Å². The summed E-state index contributed by atoms with van der Waals surface area (Å²) in [5.74, 6) is 1.47. The summed E-state index contributed by atoms with van der Waals surface area (Å²) >= 11 is 0. The van der Waals surface area contributed by atoms with Crippen LogP contribution in [0.3, 0.4) is 0 Å². The van der Waals surface area contributed by atoms with E-state index >= 15 is 0 Å². The van der Waals surface area contributed by atoms with E-state index in [1.54, 1.807) is 74.0 Å². The maximum Gasteiger partial charge on any atom is 0.162 e. The zero-order chi connectivity index (χ0) is 33.7. The molecule has 248 valence electrons. The van der Waals surface area contributed by atoms with Crippen LogP contribution in [0.4, 0.5) is 5.82 Å². The zero-order valence-electron chi connectivity index (χ0n) is 26.2. The van der Waals surface area contributed by atoms with Gasteiger partial charge in [-0.05, 0) is 70.8 Å². The standard InChI is InChI=1S/C18H14N4O.C10H10O3.C8H8N4.CH4/c1-23-16-4-2-13(3-5-16)15-10-20-18-17(11-21-22(18)12-15)14-6-8-19-9-7-14;1-13-10-4-2-8(3-5-10)9(6-11)7-12;9-8-7(5-11-12-8)6-1-3-10-4-2-6;/h2-12H,1H3;2-7,9H,1H3;1-5H,(H3,9,11,12);1H4. The number of nitrogens with two attached hydrogens (primary N) is 1. The average Bonchev–Trinajstić information content (AvgIpc) is 3.79. The summed E-state index contributed by atoms with van der Waals surface area (Å²) in [6.07, 6.45) is 15.6. The number of nitrogens with one attached hydrogen (secondary N) is 1. The van der Waals surface area contributed by atoms with Gasteiger partial charge in [0.1, 0.15) is 29.9 Å². The first kappa shape index (κ1) is 35.2. The van der Waals surface area contributed by atoms with E-state index in [1.807, 2.05) is 67.1 Å². The number of anilines is 1. The Hall–Kier alpha value is -6.69. The summed E-state index contributed by atoms with van der Waals surface area (Å²) in [7, 11) is 3.22. The number of fused-ring (bicyclic) bond motifs is 1. The third-order valence-electron chi connectivity index (χ3n) is 7.23. The average molecular weight is 657 g/mol. The van der Waals surface area contributed by atoms with Crippen LogP contribution in [0.2, 0.25) is 0 Å². The second-order valence-corrected chi connectivity index (χ2v) is 10.1. The summed E-state index contributed by atoms with van der Waals surface area (Å²) < 4.78 is 11.9. The number of methoxy groups -OCH3 is 2. The van der Waals surface area contributed by atoms with Gasteiger partial charge in [0.25, 0.3) is 0 Å². The molecule has 5 heterocycles. The lowest BCUT2D eigenvalue weighted by molar-refractivity contribution is -0.116. The Labute approximate surface area is 283 Å². The topological polar surface area (TPSA) is 163 Å². The van der Waals surface area contributed by atoms with Crippen molar-refractivity contribution in [2.45, 2.75) is 13.3 Å². The Morgan fingerprint density at radius 2 is 1.24 bits per heavy atom. The molecule has 2 aromatic carbocycles. The molecule has 49 heavy (non-hydrogen) atoms. The van der Waals surface area contributed by atoms with Crippen LogP contribution in [0, 0.1) is 0 Å². The first-order chi connectivity index (χ1) is 23.5. The Morgan fingerprint density at radius 3 is 1.76 bits per heavy atom. The summed E-state index contributed by atoms with van der Waals surface area (Å²) in [5.41, 5.74) is 13.2. The quantitative estimate of drug-likeness (QED) is 0.139. The number of nitrogen functional groups attached to an aromatic ring is 1. The maximum absolute atomic E-state index is 10.4. The van der Waals surface area contributed by atoms with E-state index in [4.69, 9.17) is 15.2 Å². The lowest BCUT2D eigenvalue weighted by Gasteiger charge is -2.04. The SMILES string of the molecule is C.COc1ccc(-c2cnc3c(-c4ccncc4)cnn3c2)cc1.COc1ccc(C(C=O)C=O)cc1.Nc1[nH]ncc1-c1ccncc1. The highest BCUT2D eigenvalue weighted by Crippen LogP contribution is 2.26. The monoisotopic (exact) mass is 656 g/mol. The maximum atomic E-state index is 10.4. The summed E-state index contributed by atoms with van der Waals surface area (Å²) in [6, 6.07) is 22.4. The van der Waals surface area contributed by atoms with E-state index in [9.17, 15) is 9.59 Å². The van der Waals surface area contributed by atoms with Gasteiger partial charge < -0.3 is 24.8 Å². The Balaban J connectivity index is 0.000000178. The van der Waals surface area contributed by atoms with Crippen LogP contribution >= 0.6 is 0 Å². The fourth-order valence-electron chi connectivity index (χ4n) is 4.62. The van der Waals surface area contributed by atoms with E-state index in [2.05, 4.69) is 30.2 Å². The number of pyridine rings is 2. The lowest BCUT2D eigenvalue weighted by Crippen LogP contribution is -2.00. The van der Waals surface area contributed by atoms with Gasteiger partial charge >= 0.3 is 0 Å². The number of hydrogen-bond donors (Lipinski definition) is 2. The van der Waals surface area contributed by atoms with Crippen LogP contribution in [0.25, 0.3) is 39.0 Å². The first-order valence-electron chi connectivity index (χ1n) is 14.7. The van der Waals surface area contributed by atoms with E-state index in [-0.39, 0.29) is 7.43 Å². The molecule has 0 aliphatic rings. The van der Waals surface area contributed by atoms with Crippen molar-refractivity contribution in [3.8, 4) is 44.9 Å². The molecule has 3 N–H and O–H groups in total. The van der Waals surface area contributed by atoms with Crippen LogP contribution in [-0.4, -0.2) is 61.6 Å². The third kappa shape index (κ3) is 8.77. The Bertz CT molecular complexity index is 2040. The minimum Gasteiger partial charge on any atom is -0.497 e. The highest BCUT2D eigenvalue weighted by atomic mass is 16.5. The fraction of sp³-hybridized carbons (Fsp3) is 0.108. The minimum absolute atomic E-state index is 0.